The Morgan fingerprint density at radius 1 is 1.33 bits per heavy atom. The average molecular weight is 289 g/mol. The Morgan fingerprint density at radius 3 is 2.67 bits per heavy atom. The summed E-state index contributed by atoms with van der Waals surface area (Å²) in [6, 6.07) is 4.28. The fourth-order valence-electron chi connectivity index (χ4n) is 1.45. The first-order chi connectivity index (χ1) is 7.15. The van der Waals surface area contributed by atoms with Crippen molar-refractivity contribution in [3.8, 4) is 0 Å². The molecule has 0 saturated heterocycles. The number of allylic oxidation sites excluding steroid dienone is 1. The Hall–Kier alpha value is -0.470. The lowest BCUT2D eigenvalue weighted by molar-refractivity contribution is 1.27. The molecule has 0 aliphatic heterocycles. The van der Waals surface area contributed by atoms with E-state index in [0.717, 1.165) is 16.7 Å². The molecule has 0 saturated carbocycles. The highest BCUT2D eigenvalue weighted by Gasteiger charge is 2.02. The largest absolute Gasteiger partial charge is 0.380 e. The van der Waals surface area contributed by atoms with Crippen LogP contribution in [0.25, 0.3) is 0 Å². The number of halogens is 2. The predicted octanol–water partition coefficient (Wildman–Crippen LogP) is 4.27. The van der Waals surface area contributed by atoms with E-state index < -0.39 is 0 Å². The van der Waals surface area contributed by atoms with Gasteiger partial charge in [0.25, 0.3) is 0 Å². The molecule has 0 atom stereocenters. The number of rotatable bonds is 4. The Morgan fingerprint density at radius 2 is 2.07 bits per heavy atom. The Labute approximate surface area is 105 Å². The zero-order valence-corrected chi connectivity index (χ0v) is 11.3. The third-order valence-electron chi connectivity index (χ3n) is 2.08. The zero-order valence-electron chi connectivity index (χ0n) is 8.98. The number of hydrogen-bond acceptors (Lipinski definition) is 1. The van der Waals surface area contributed by atoms with Gasteiger partial charge in [-0.1, -0.05) is 18.2 Å². The Balaban J connectivity index is 2.72. The summed E-state index contributed by atoms with van der Waals surface area (Å²) >= 11 is 9.10. The first-order valence-electron chi connectivity index (χ1n) is 4.86. The molecule has 1 nitrogen and oxygen atoms in total. The average Bonchev–Trinajstić information content (AvgIpc) is 2.15. The lowest BCUT2D eigenvalue weighted by Crippen LogP contribution is -2.01. The highest BCUT2D eigenvalue weighted by Crippen LogP contribution is 2.27. The molecular weight excluding hydrogens is 273 g/mol. The van der Waals surface area contributed by atoms with E-state index in [1.165, 1.54) is 11.1 Å². The quantitative estimate of drug-likeness (QED) is 0.644. The fourth-order valence-corrected chi connectivity index (χ4v) is 2.39. The molecule has 1 aromatic carbocycles. The van der Waals surface area contributed by atoms with Gasteiger partial charge in [0.15, 0.2) is 0 Å². The molecular formula is C12H15BrClN. The SMILES string of the molecule is Cc1cc(C)c(NC/C=C/CCl)c(Br)c1. The third kappa shape index (κ3) is 3.88. The molecule has 0 amide bonds. The normalized spacial score (nSPS) is 10.9. The van der Waals surface area contributed by atoms with Gasteiger partial charge < -0.3 is 5.32 Å². The number of benzene rings is 1. The maximum atomic E-state index is 5.54. The fraction of sp³-hybridized carbons (Fsp3) is 0.333. The summed E-state index contributed by atoms with van der Waals surface area (Å²) in [5.41, 5.74) is 3.67. The zero-order chi connectivity index (χ0) is 11.3. The van der Waals surface area contributed by atoms with Crippen molar-refractivity contribution in [3.05, 3.63) is 39.9 Å². The van der Waals surface area contributed by atoms with Gasteiger partial charge in [0, 0.05) is 16.9 Å². The van der Waals surface area contributed by atoms with Gasteiger partial charge in [-0.2, -0.15) is 0 Å². The van der Waals surface area contributed by atoms with Crippen LogP contribution in [0.1, 0.15) is 11.1 Å². The number of anilines is 1. The van der Waals surface area contributed by atoms with Gasteiger partial charge in [0.05, 0.1) is 5.69 Å². The first kappa shape index (κ1) is 12.6. The van der Waals surface area contributed by atoms with Gasteiger partial charge in [-0.3, -0.25) is 0 Å². The molecule has 0 aliphatic rings. The van der Waals surface area contributed by atoms with Gasteiger partial charge in [0.1, 0.15) is 0 Å². The Bertz CT molecular complexity index is 338. The van der Waals surface area contributed by atoms with Gasteiger partial charge in [0.2, 0.25) is 0 Å². The van der Waals surface area contributed by atoms with Crippen molar-refractivity contribution >= 4 is 33.2 Å². The van der Waals surface area contributed by atoms with E-state index in [-0.39, 0.29) is 0 Å². The molecule has 0 spiro atoms. The van der Waals surface area contributed by atoms with E-state index in [2.05, 4.69) is 47.2 Å². The summed E-state index contributed by atoms with van der Waals surface area (Å²) in [6.45, 7) is 5.00. The molecule has 1 N–H and O–H groups in total. The predicted molar refractivity (Wildman–Crippen MR) is 72.0 cm³/mol. The van der Waals surface area contributed by atoms with Crippen LogP contribution in [0.3, 0.4) is 0 Å². The maximum Gasteiger partial charge on any atom is 0.0516 e. The van der Waals surface area contributed by atoms with Crippen LogP contribution < -0.4 is 5.32 Å². The van der Waals surface area contributed by atoms with E-state index in [1.807, 2.05) is 12.2 Å². The van der Waals surface area contributed by atoms with Crippen molar-refractivity contribution in [2.24, 2.45) is 0 Å². The van der Waals surface area contributed by atoms with Crippen LogP contribution in [0.2, 0.25) is 0 Å². The summed E-state index contributed by atoms with van der Waals surface area (Å²) in [6.07, 6.45) is 3.96. The number of alkyl halides is 1. The van der Waals surface area contributed by atoms with Crippen molar-refractivity contribution in [2.45, 2.75) is 13.8 Å². The van der Waals surface area contributed by atoms with Gasteiger partial charge in [-0.05, 0) is 47.0 Å². The minimum atomic E-state index is 0.565. The molecule has 0 unspecified atom stereocenters. The minimum Gasteiger partial charge on any atom is -0.380 e. The second kappa shape index (κ2) is 6.19. The first-order valence-corrected chi connectivity index (χ1v) is 6.19. The van der Waals surface area contributed by atoms with E-state index >= 15 is 0 Å². The molecule has 15 heavy (non-hydrogen) atoms. The van der Waals surface area contributed by atoms with Gasteiger partial charge >= 0.3 is 0 Å². The monoisotopic (exact) mass is 287 g/mol. The molecule has 0 aromatic heterocycles. The van der Waals surface area contributed by atoms with E-state index in [4.69, 9.17) is 11.6 Å². The summed E-state index contributed by atoms with van der Waals surface area (Å²) in [7, 11) is 0. The van der Waals surface area contributed by atoms with E-state index in [0.29, 0.717) is 5.88 Å². The smallest absolute Gasteiger partial charge is 0.0516 e. The maximum absolute atomic E-state index is 5.54. The van der Waals surface area contributed by atoms with Crippen LogP contribution in [0.4, 0.5) is 5.69 Å². The summed E-state index contributed by atoms with van der Waals surface area (Å²) in [4.78, 5) is 0. The summed E-state index contributed by atoms with van der Waals surface area (Å²) in [5.74, 6) is 0.565. The molecule has 0 fully saturated rings. The molecule has 82 valence electrons. The highest BCUT2D eigenvalue weighted by atomic mass is 79.9. The third-order valence-corrected chi connectivity index (χ3v) is 2.89. The van der Waals surface area contributed by atoms with Crippen LogP contribution in [-0.4, -0.2) is 12.4 Å². The Kier molecular flexibility index (Phi) is 5.20. The molecule has 0 heterocycles. The van der Waals surface area contributed by atoms with E-state index in [9.17, 15) is 0 Å². The molecule has 0 aliphatic carbocycles. The second-order valence-electron chi connectivity index (χ2n) is 3.45. The summed E-state index contributed by atoms with van der Waals surface area (Å²) in [5, 5.41) is 3.35. The van der Waals surface area contributed by atoms with E-state index in [1.54, 1.807) is 0 Å². The number of hydrogen-bond donors (Lipinski definition) is 1. The summed E-state index contributed by atoms with van der Waals surface area (Å²) < 4.78 is 1.11. The van der Waals surface area contributed by atoms with Gasteiger partial charge in [-0.15, -0.1) is 11.6 Å². The van der Waals surface area contributed by atoms with Crippen molar-refractivity contribution in [1.29, 1.82) is 0 Å². The second-order valence-corrected chi connectivity index (χ2v) is 4.61. The van der Waals surface area contributed by atoms with Crippen molar-refractivity contribution in [3.63, 3.8) is 0 Å². The lowest BCUT2D eigenvalue weighted by atomic mass is 10.1. The van der Waals surface area contributed by atoms with Crippen molar-refractivity contribution < 1.29 is 0 Å². The molecule has 1 aromatic rings. The topological polar surface area (TPSA) is 12.0 Å². The van der Waals surface area contributed by atoms with Crippen molar-refractivity contribution in [2.75, 3.05) is 17.7 Å². The molecule has 0 bridgehead atoms. The van der Waals surface area contributed by atoms with Crippen molar-refractivity contribution in [1.82, 2.24) is 0 Å². The molecule has 3 heteroatoms. The molecule has 1 rings (SSSR count). The number of aryl methyl sites for hydroxylation is 2. The standard InChI is InChI=1S/C12H15BrClN/c1-9-7-10(2)12(11(13)8-9)15-6-4-3-5-14/h3-4,7-8,15H,5-6H2,1-2H3/b4-3+. The molecule has 0 radical (unpaired) electrons. The van der Waals surface area contributed by atoms with Crippen LogP contribution in [0.15, 0.2) is 28.8 Å². The van der Waals surface area contributed by atoms with Gasteiger partial charge in [-0.25, -0.2) is 0 Å². The van der Waals surface area contributed by atoms with Crippen LogP contribution in [0, 0.1) is 13.8 Å². The number of nitrogens with one attached hydrogen (secondary N) is 1. The van der Waals surface area contributed by atoms with Crippen LogP contribution in [-0.2, 0) is 0 Å². The lowest BCUT2D eigenvalue weighted by Gasteiger charge is -2.11. The highest BCUT2D eigenvalue weighted by molar-refractivity contribution is 9.10. The minimum absolute atomic E-state index is 0.565. The van der Waals surface area contributed by atoms with Crippen LogP contribution in [0.5, 0.6) is 0 Å². The van der Waals surface area contributed by atoms with Crippen LogP contribution >= 0.6 is 27.5 Å².